The maximum absolute atomic E-state index is 12.7. The number of aliphatic hydroxyl groups is 1. The van der Waals surface area contributed by atoms with Gasteiger partial charge in [0.15, 0.2) is 0 Å². The summed E-state index contributed by atoms with van der Waals surface area (Å²) in [7, 11) is 0. The Hall–Kier alpha value is -1.03. The summed E-state index contributed by atoms with van der Waals surface area (Å²) in [5.74, 6) is 0. The van der Waals surface area contributed by atoms with Crippen LogP contribution in [0.2, 0.25) is 0 Å². The first-order valence-electron chi connectivity index (χ1n) is 6.07. The van der Waals surface area contributed by atoms with E-state index in [0.29, 0.717) is 12.0 Å². The zero-order valence-electron chi connectivity index (χ0n) is 10.5. The highest BCUT2D eigenvalue weighted by Gasteiger charge is 2.49. The lowest BCUT2D eigenvalue weighted by atomic mass is 9.73. The van der Waals surface area contributed by atoms with Gasteiger partial charge in [-0.15, -0.1) is 0 Å². The Morgan fingerprint density at radius 3 is 2.33 bits per heavy atom. The Balaban J connectivity index is 2.46. The maximum atomic E-state index is 12.7. The van der Waals surface area contributed by atoms with E-state index >= 15 is 0 Å². The molecule has 18 heavy (non-hydrogen) atoms. The van der Waals surface area contributed by atoms with Crippen molar-refractivity contribution in [1.29, 1.82) is 0 Å². The van der Waals surface area contributed by atoms with Gasteiger partial charge in [-0.3, -0.25) is 0 Å². The second-order valence-corrected chi connectivity index (χ2v) is 5.68. The van der Waals surface area contributed by atoms with Gasteiger partial charge in [-0.1, -0.05) is 26.0 Å². The number of hydrogen-bond acceptors (Lipinski definition) is 1. The Labute approximate surface area is 105 Å². The molecule has 1 aliphatic rings. The molecule has 1 N–H and O–H groups in total. The van der Waals surface area contributed by atoms with Crippen LogP contribution in [0, 0.1) is 5.41 Å². The van der Waals surface area contributed by atoms with Gasteiger partial charge >= 0.3 is 6.18 Å². The molecule has 0 bridgehead atoms. The van der Waals surface area contributed by atoms with E-state index in [1.807, 2.05) is 13.8 Å². The van der Waals surface area contributed by atoms with Crippen LogP contribution in [0.15, 0.2) is 24.3 Å². The van der Waals surface area contributed by atoms with Crippen LogP contribution < -0.4 is 0 Å². The van der Waals surface area contributed by atoms with Crippen LogP contribution >= 0.6 is 0 Å². The van der Waals surface area contributed by atoms with E-state index < -0.39 is 22.8 Å². The third kappa shape index (κ3) is 2.03. The fourth-order valence-electron chi connectivity index (χ4n) is 2.82. The highest BCUT2D eigenvalue weighted by atomic mass is 19.4. The summed E-state index contributed by atoms with van der Waals surface area (Å²) < 4.78 is 38.1. The van der Waals surface area contributed by atoms with E-state index in [1.165, 1.54) is 6.07 Å². The van der Waals surface area contributed by atoms with Gasteiger partial charge in [0.1, 0.15) is 0 Å². The van der Waals surface area contributed by atoms with Crippen LogP contribution in [0.25, 0.3) is 0 Å². The van der Waals surface area contributed by atoms with E-state index in [9.17, 15) is 18.3 Å². The molecule has 0 aromatic heterocycles. The van der Waals surface area contributed by atoms with Crippen LogP contribution in [0.1, 0.15) is 44.2 Å². The zero-order chi connectivity index (χ0) is 13.6. The number of halogens is 3. The first-order valence-corrected chi connectivity index (χ1v) is 6.07. The van der Waals surface area contributed by atoms with E-state index in [2.05, 4.69) is 0 Å². The lowest BCUT2D eigenvalue weighted by Crippen LogP contribution is -2.37. The molecule has 2 rings (SSSR count). The Kier molecular flexibility index (Phi) is 2.97. The van der Waals surface area contributed by atoms with Gasteiger partial charge < -0.3 is 5.11 Å². The van der Waals surface area contributed by atoms with Crippen molar-refractivity contribution in [2.45, 2.75) is 44.9 Å². The van der Waals surface area contributed by atoms with Crippen LogP contribution in [-0.2, 0) is 11.8 Å². The van der Waals surface area contributed by atoms with Gasteiger partial charge in [-0.25, -0.2) is 0 Å². The SMILES string of the molecule is CC1(C)CCCC1(O)c1cccc(C(F)(F)F)c1. The summed E-state index contributed by atoms with van der Waals surface area (Å²) in [5, 5.41) is 10.7. The summed E-state index contributed by atoms with van der Waals surface area (Å²) in [6.45, 7) is 3.81. The van der Waals surface area contributed by atoms with Gasteiger partial charge in [0.25, 0.3) is 0 Å². The number of benzene rings is 1. The van der Waals surface area contributed by atoms with Crippen molar-refractivity contribution in [2.24, 2.45) is 5.41 Å². The molecule has 0 spiro atoms. The monoisotopic (exact) mass is 258 g/mol. The first kappa shape index (κ1) is 13.4. The summed E-state index contributed by atoms with van der Waals surface area (Å²) in [4.78, 5) is 0. The molecule has 0 radical (unpaired) electrons. The molecule has 1 aliphatic carbocycles. The van der Waals surface area contributed by atoms with E-state index in [1.54, 1.807) is 6.07 Å². The largest absolute Gasteiger partial charge is 0.416 e. The van der Waals surface area contributed by atoms with Crippen molar-refractivity contribution >= 4 is 0 Å². The fourth-order valence-corrected chi connectivity index (χ4v) is 2.82. The van der Waals surface area contributed by atoms with Crippen LogP contribution in [-0.4, -0.2) is 5.11 Å². The molecule has 1 aromatic carbocycles. The van der Waals surface area contributed by atoms with Crippen molar-refractivity contribution in [1.82, 2.24) is 0 Å². The van der Waals surface area contributed by atoms with Crippen molar-refractivity contribution < 1.29 is 18.3 Å². The Morgan fingerprint density at radius 1 is 1.17 bits per heavy atom. The average molecular weight is 258 g/mol. The molecule has 0 amide bonds. The molecule has 1 aromatic rings. The minimum atomic E-state index is -4.37. The summed E-state index contributed by atoms with van der Waals surface area (Å²) in [5.41, 5.74) is -1.87. The highest BCUT2D eigenvalue weighted by molar-refractivity contribution is 5.32. The van der Waals surface area contributed by atoms with Gasteiger partial charge in [0, 0.05) is 0 Å². The van der Waals surface area contributed by atoms with Crippen molar-refractivity contribution in [3.05, 3.63) is 35.4 Å². The average Bonchev–Trinajstić information content (AvgIpc) is 2.54. The summed E-state index contributed by atoms with van der Waals surface area (Å²) in [6, 6.07) is 5.06. The van der Waals surface area contributed by atoms with Crippen molar-refractivity contribution in [2.75, 3.05) is 0 Å². The number of hydrogen-bond donors (Lipinski definition) is 1. The fraction of sp³-hybridized carbons (Fsp3) is 0.571. The third-order valence-corrected chi connectivity index (χ3v) is 4.13. The molecule has 0 saturated heterocycles. The molecule has 1 fully saturated rings. The number of alkyl halides is 3. The quantitative estimate of drug-likeness (QED) is 0.804. The zero-order valence-corrected chi connectivity index (χ0v) is 10.5. The molecule has 1 atom stereocenters. The second kappa shape index (κ2) is 3.98. The molecule has 1 unspecified atom stereocenters. The minimum absolute atomic E-state index is 0.375. The van der Waals surface area contributed by atoms with Crippen LogP contribution in [0.5, 0.6) is 0 Å². The lowest BCUT2D eigenvalue weighted by Gasteiger charge is -2.37. The molecular formula is C14H17F3O. The second-order valence-electron chi connectivity index (χ2n) is 5.68. The smallest absolute Gasteiger partial charge is 0.385 e. The van der Waals surface area contributed by atoms with E-state index in [4.69, 9.17) is 0 Å². The molecule has 1 nitrogen and oxygen atoms in total. The topological polar surface area (TPSA) is 20.2 Å². The van der Waals surface area contributed by atoms with Gasteiger partial charge in [-0.2, -0.15) is 13.2 Å². The molecule has 1 saturated carbocycles. The van der Waals surface area contributed by atoms with Gasteiger partial charge in [0.2, 0.25) is 0 Å². The number of rotatable bonds is 1. The van der Waals surface area contributed by atoms with Crippen molar-refractivity contribution in [3.63, 3.8) is 0 Å². The Morgan fingerprint density at radius 2 is 1.83 bits per heavy atom. The van der Waals surface area contributed by atoms with E-state index in [0.717, 1.165) is 25.0 Å². The Bertz CT molecular complexity index is 451. The lowest BCUT2D eigenvalue weighted by molar-refractivity contribution is -0.138. The van der Waals surface area contributed by atoms with E-state index in [-0.39, 0.29) is 0 Å². The predicted molar refractivity (Wildman–Crippen MR) is 63.0 cm³/mol. The molecule has 4 heteroatoms. The first-order chi connectivity index (χ1) is 8.17. The highest BCUT2D eigenvalue weighted by Crippen LogP contribution is 2.52. The predicted octanol–water partition coefficient (Wildman–Crippen LogP) is 4.10. The molecule has 0 heterocycles. The molecule has 0 aliphatic heterocycles. The normalized spacial score (nSPS) is 27.4. The van der Waals surface area contributed by atoms with Gasteiger partial charge in [-0.05, 0) is 42.4 Å². The summed E-state index contributed by atoms with van der Waals surface area (Å²) in [6.07, 6.45) is -2.20. The van der Waals surface area contributed by atoms with Crippen molar-refractivity contribution in [3.8, 4) is 0 Å². The molecule has 100 valence electrons. The minimum Gasteiger partial charge on any atom is -0.385 e. The summed E-state index contributed by atoms with van der Waals surface area (Å²) >= 11 is 0. The molecular weight excluding hydrogens is 241 g/mol. The third-order valence-electron chi connectivity index (χ3n) is 4.13. The standard InChI is InChI=1S/C14H17F3O/c1-12(2)7-4-8-13(12,18)10-5-3-6-11(9-10)14(15,16)17/h3,5-6,9,18H,4,7-8H2,1-2H3. The maximum Gasteiger partial charge on any atom is 0.416 e. The van der Waals surface area contributed by atoms with Crippen LogP contribution in [0.4, 0.5) is 13.2 Å². The van der Waals surface area contributed by atoms with Crippen LogP contribution in [0.3, 0.4) is 0 Å². The van der Waals surface area contributed by atoms with Gasteiger partial charge in [0.05, 0.1) is 11.2 Å².